The van der Waals surface area contributed by atoms with Gasteiger partial charge in [0.1, 0.15) is 0 Å². The highest BCUT2D eigenvalue weighted by atomic mass is 32.1. The highest BCUT2D eigenvalue weighted by molar-refractivity contribution is 7.12. The molecule has 0 fully saturated rings. The third kappa shape index (κ3) is 3.03. The highest BCUT2D eigenvalue weighted by Crippen LogP contribution is 2.28. The van der Waals surface area contributed by atoms with Crippen molar-refractivity contribution in [2.24, 2.45) is 0 Å². The predicted molar refractivity (Wildman–Crippen MR) is 64.4 cm³/mol. The fourth-order valence-corrected chi connectivity index (χ4v) is 3.34. The van der Waals surface area contributed by atoms with Gasteiger partial charge in [-0.1, -0.05) is 6.42 Å². The van der Waals surface area contributed by atoms with Gasteiger partial charge in [-0.25, -0.2) is 0 Å². The maximum absolute atomic E-state index is 8.68. The Bertz CT molecular complexity index is 285. The third-order valence-electron chi connectivity index (χ3n) is 2.89. The Labute approximate surface area is 95.3 Å². The lowest BCUT2D eigenvalue weighted by Crippen LogP contribution is -2.16. The van der Waals surface area contributed by atoms with Crippen molar-refractivity contribution in [3.63, 3.8) is 0 Å². The lowest BCUT2D eigenvalue weighted by Gasteiger charge is -1.98. The quantitative estimate of drug-likeness (QED) is 0.607. The summed E-state index contributed by atoms with van der Waals surface area (Å²) in [5.74, 6) is 0. The minimum atomic E-state index is 0.227. The summed E-state index contributed by atoms with van der Waals surface area (Å²) in [7, 11) is 0. The van der Waals surface area contributed by atoms with Crippen molar-refractivity contribution >= 4 is 11.3 Å². The molecule has 0 amide bonds. The zero-order chi connectivity index (χ0) is 10.5. The van der Waals surface area contributed by atoms with Gasteiger partial charge in [0, 0.05) is 22.8 Å². The van der Waals surface area contributed by atoms with E-state index >= 15 is 0 Å². The largest absolute Gasteiger partial charge is 0.395 e. The molecule has 0 spiro atoms. The Balaban J connectivity index is 1.96. The highest BCUT2D eigenvalue weighted by Gasteiger charge is 2.11. The molecule has 1 aliphatic carbocycles. The number of fused-ring (bicyclic) bond motifs is 1. The fourth-order valence-electron chi connectivity index (χ4n) is 2.11. The average Bonchev–Trinajstić information content (AvgIpc) is 2.49. The number of aryl methyl sites for hydroxylation is 2. The van der Waals surface area contributed by atoms with Crippen LogP contribution >= 0.6 is 11.3 Å². The number of nitrogens with one attached hydrogen (secondary N) is 1. The van der Waals surface area contributed by atoms with Gasteiger partial charge in [-0.2, -0.15) is 0 Å². The van der Waals surface area contributed by atoms with Gasteiger partial charge in [-0.15, -0.1) is 11.3 Å². The molecule has 0 atom stereocenters. The van der Waals surface area contributed by atoms with Gasteiger partial charge >= 0.3 is 0 Å². The molecule has 1 aliphatic rings. The number of thiophene rings is 1. The molecular formula is C12H19NOS. The molecule has 1 aromatic rings. The summed E-state index contributed by atoms with van der Waals surface area (Å²) in [5.41, 5.74) is 1.58. The molecule has 0 radical (unpaired) electrons. The molecule has 2 nitrogen and oxygen atoms in total. The van der Waals surface area contributed by atoms with Gasteiger partial charge in [0.15, 0.2) is 0 Å². The molecule has 0 saturated carbocycles. The van der Waals surface area contributed by atoms with Crippen LogP contribution in [-0.4, -0.2) is 18.3 Å². The van der Waals surface area contributed by atoms with E-state index in [1.165, 1.54) is 37.0 Å². The monoisotopic (exact) mass is 225 g/mol. The zero-order valence-corrected chi connectivity index (χ0v) is 9.91. The fraction of sp³-hybridized carbons (Fsp3) is 0.667. The van der Waals surface area contributed by atoms with Gasteiger partial charge < -0.3 is 10.4 Å². The lowest BCUT2D eigenvalue weighted by atomic mass is 10.1. The van der Waals surface area contributed by atoms with Crippen LogP contribution in [0.3, 0.4) is 0 Å². The van der Waals surface area contributed by atoms with E-state index in [-0.39, 0.29) is 6.61 Å². The number of hydrogen-bond donors (Lipinski definition) is 2. The minimum absolute atomic E-state index is 0.227. The van der Waals surface area contributed by atoms with Gasteiger partial charge in [-0.3, -0.25) is 0 Å². The standard InChI is InChI=1S/C12H19NOS/c14-7-6-13-9-11-8-10-4-2-1-3-5-12(10)15-11/h8,13-14H,1-7,9H2. The number of hydrogen-bond acceptors (Lipinski definition) is 3. The lowest BCUT2D eigenvalue weighted by molar-refractivity contribution is 0.292. The van der Waals surface area contributed by atoms with Crippen LogP contribution in [0.1, 0.15) is 34.6 Å². The number of aliphatic hydroxyl groups is 1. The summed E-state index contributed by atoms with van der Waals surface area (Å²) in [5, 5.41) is 11.9. The van der Waals surface area contributed by atoms with E-state index < -0.39 is 0 Å². The molecule has 2 rings (SSSR count). The van der Waals surface area contributed by atoms with Gasteiger partial charge in [0.25, 0.3) is 0 Å². The van der Waals surface area contributed by atoms with E-state index in [9.17, 15) is 0 Å². The smallest absolute Gasteiger partial charge is 0.0556 e. The van der Waals surface area contributed by atoms with Crippen molar-refractivity contribution in [1.29, 1.82) is 0 Å². The molecule has 84 valence electrons. The van der Waals surface area contributed by atoms with Gasteiger partial charge in [0.2, 0.25) is 0 Å². The van der Waals surface area contributed by atoms with E-state index in [0.717, 1.165) is 6.54 Å². The molecule has 0 bridgehead atoms. The second-order valence-electron chi connectivity index (χ2n) is 4.12. The van der Waals surface area contributed by atoms with E-state index in [2.05, 4.69) is 11.4 Å². The van der Waals surface area contributed by atoms with Gasteiger partial charge in [-0.05, 0) is 37.3 Å². The zero-order valence-electron chi connectivity index (χ0n) is 9.09. The molecule has 3 heteroatoms. The van der Waals surface area contributed by atoms with Crippen molar-refractivity contribution in [2.75, 3.05) is 13.2 Å². The van der Waals surface area contributed by atoms with Crippen LogP contribution in [0.15, 0.2) is 6.07 Å². The molecular weight excluding hydrogens is 206 g/mol. The average molecular weight is 225 g/mol. The van der Waals surface area contributed by atoms with Crippen molar-refractivity contribution in [3.05, 3.63) is 21.4 Å². The first-order valence-electron chi connectivity index (χ1n) is 5.82. The Morgan fingerprint density at radius 2 is 2.13 bits per heavy atom. The molecule has 15 heavy (non-hydrogen) atoms. The molecule has 2 N–H and O–H groups in total. The van der Waals surface area contributed by atoms with Crippen LogP contribution in [0.2, 0.25) is 0 Å². The van der Waals surface area contributed by atoms with E-state index in [1.807, 2.05) is 11.3 Å². The first-order valence-corrected chi connectivity index (χ1v) is 6.64. The molecule has 0 aliphatic heterocycles. The summed E-state index contributed by atoms with van der Waals surface area (Å²) in [4.78, 5) is 3.03. The van der Waals surface area contributed by atoms with E-state index in [4.69, 9.17) is 5.11 Å². The van der Waals surface area contributed by atoms with E-state index in [1.54, 1.807) is 10.4 Å². The van der Waals surface area contributed by atoms with Crippen molar-refractivity contribution in [1.82, 2.24) is 5.32 Å². The Morgan fingerprint density at radius 3 is 3.00 bits per heavy atom. The summed E-state index contributed by atoms with van der Waals surface area (Å²) in [6.07, 6.45) is 6.65. The number of rotatable bonds is 4. The van der Waals surface area contributed by atoms with Crippen LogP contribution in [0.5, 0.6) is 0 Å². The van der Waals surface area contributed by atoms with E-state index in [0.29, 0.717) is 6.54 Å². The summed E-state index contributed by atoms with van der Waals surface area (Å²) in [6.45, 7) is 1.84. The summed E-state index contributed by atoms with van der Waals surface area (Å²) < 4.78 is 0. The Kier molecular flexibility index (Phi) is 4.18. The second kappa shape index (κ2) is 5.64. The first kappa shape index (κ1) is 11.1. The number of aliphatic hydroxyl groups excluding tert-OH is 1. The topological polar surface area (TPSA) is 32.3 Å². The van der Waals surface area contributed by atoms with Crippen molar-refractivity contribution in [2.45, 2.75) is 38.6 Å². The van der Waals surface area contributed by atoms with Crippen LogP contribution in [0.25, 0.3) is 0 Å². The Hall–Kier alpha value is -0.380. The summed E-state index contributed by atoms with van der Waals surface area (Å²) >= 11 is 1.95. The van der Waals surface area contributed by atoms with Crippen LogP contribution in [0, 0.1) is 0 Å². The maximum Gasteiger partial charge on any atom is 0.0556 e. The van der Waals surface area contributed by atoms with Crippen molar-refractivity contribution < 1.29 is 5.11 Å². The Morgan fingerprint density at radius 1 is 1.27 bits per heavy atom. The molecule has 1 heterocycles. The SMILES string of the molecule is OCCNCc1cc2c(s1)CCCCC2. The van der Waals surface area contributed by atoms with Gasteiger partial charge in [0.05, 0.1) is 6.61 Å². The maximum atomic E-state index is 8.68. The molecule has 0 aromatic carbocycles. The predicted octanol–water partition coefficient (Wildman–Crippen LogP) is 2.10. The minimum Gasteiger partial charge on any atom is -0.395 e. The summed E-state index contributed by atoms with van der Waals surface area (Å²) in [6, 6.07) is 2.36. The van der Waals surface area contributed by atoms with Crippen LogP contribution in [-0.2, 0) is 19.4 Å². The normalized spacial score (nSPS) is 16.1. The first-order chi connectivity index (χ1) is 7.40. The third-order valence-corrected chi connectivity index (χ3v) is 4.12. The molecule has 0 saturated heterocycles. The van der Waals surface area contributed by atoms with Crippen molar-refractivity contribution in [3.8, 4) is 0 Å². The second-order valence-corrected chi connectivity index (χ2v) is 5.34. The molecule has 0 unspecified atom stereocenters. The van der Waals surface area contributed by atoms with Crippen LogP contribution < -0.4 is 5.32 Å². The van der Waals surface area contributed by atoms with Crippen LogP contribution in [0.4, 0.5) is 0 Å². The molecule has 1 aromatic heterocycles.